The van der Waals surface area contributed by atoms with Crippen molar-refractivity contribution >= 4 is 11.3 Å². The van der Waals surface area contributed by atoms with Crippen molar-refractivity contribution in [1.82, 2.24) is 15.3 Å². The van der Waals surface area contributed by atoms with Gasteiger partial charge in [0.1, 0.15) is 0 Å². The minimum atomic E-state index is 0.158. The number of hydrazine groups is 1. The molecule has 1 fully saturated rings. The van der Waals surface area contributed by atoms with E-state index in [1.54, 1.807) is 11.3 Å². The molecule has 0 radical (unpaired) electrons. The molecule has 1 heterocycles. The topological polar surface area (TPSA) is 54.2 Å². The second kappa shape index (κ2) is 6.98. The minimum absolute atomic E-state index is 0.158. The Hall–Kier alpha value is -0.490. The van der Waals surface area contributed by atoms with Crippen LogP contribution in [0.5, 0.6) is 0 Å². The van der Waals surface area contributed by atoms with Crippen molar-refractivity contribution in [2.75, 3.05) is 14.1 Å². The number of nitrogens with one attached hydrogen (secondary N) is 1. The summed E-state index contributed by atoms with van der Waals surface area (Å²) < 4.78 is 0. The molecule has 1 saturated carbocycles. The van der Waals surface area contributed by atoms with Gasteiger partial charge in [-0.1, -0.05) is 25.7 Å². The molecule has 0 aromatic carbocycles. The van der Waals surface area contributed by atoms with E-state index < -0.39 is 0 Å². The molecular weight excluding hydrogens is 268 g/mol. The van der Waals surface area contributed by atoms with Gasteiger partial charge in [-0.25, -0.2) is 4.98 Å². The van der Waals surface area contributed by atoms with Gasteiger partial charge in [0, 0.05) is 29.1 Å². The number of hydrogen-bond donors (Lipinski definition) is 2. The zero-order chi connectivity index (χ0) is 14.6. The molecule has 1 atom stereocenters. The van der Waals surface area contributed by atoms with Gasteiger partial charge in [-0.15, -0.1) is 11.3 Å². The summed E-state index contributed by atoms with van der Waals surface area (Å²) in [4.78, 5) is 7.00. The van der Waals surface area contributed by atoms with E-state index in [9.17, 15) is 0 Å². The molecular formula is C15H28N4S. The van der Waals surface area contributed by atoms with E-state index >= 15 is 0 Å². The Morgan fingerprint density at radius 2 is 2.00 bits per heavy atom. The summed E-state index contributed by atoms with van der Waals surface area (Å²) >= 11 is 1.75. The van der Waals surface area contributed by atoms with E-state index in [1.807, 2.05) is 0 Å². The lowest BCUT2D eigenvalue weighted by Gasteiger charge is -2.45. The first-order valence-corrected chi connectivity index (χ1v) is 8.51. The van der Waals surface area contributed by atoms with Crippen LogP contribution in [0.2, 0.25) is 0 Å². The number of likely N-dealkylation sites (N-methyl/N-ethyl adjacent to an activating group) is 1. The fourth-order valence-corrected chi connectivity index (χ4v) is 4.34. The van der Waals surface area contributed by atoms with Crippen molar-refractivity contribution in [3.63, 3.8) is 0 Å². The number of rotatable bonds is 5. The fraction of sp³-hybridized carbons (Fsp3) is 0.800. The Labute approximate surface area is 126 Å². The number of nitrogens with two attached hydrogens (primary N) is 1. The Morgan fingerprint density at radius 1 is 1.35 bits per heavy atom. The molecule has 4 nitrogen and oxygen atoms in total. The average Bonchev–Trinajstić information content (AvgIpc) is 2.68. The van der Waals surface area contributed by atoms with Crippen molar-refractivity contribution in [1.29, 1.82) is 0 Å². The average molecular weight is 296 g/mol. The van der Waals surface area contributed by atoms with E-state index in [1.165, 1.54) is 43.5 Å². The normalized spacial score (nSPS) is 20.9. The predicted molar refractivity (Wildman–Crippen MR) is 85.8 cm³/mol. The Kier molecular flexibility index (Phi) is 5.55. The zero-order valence-corrected chi connectivity index (χ0v) is 13.8. The summed E-state index contributed by atoms with van der Waals surface area (Å²) in [5, 5.41) is 3.31. The van der Waals surface area contributed by atoms with E-state index in [0.717, 1.165) is 12.1 Å². The van der Waals surface area contributed by atoms with Crippen LogP contribution in [0.4, 0.5) is 0 Å². The van der Waals surface area contributed by atoms with Crippen molar-refractivity contribution < 1.29 is 0 Å². The van der Waals surface area contributed by atoms with Gasteiger partial charge < -0.3 is 4.90 Å². The van der Waals surface area contributed by atoms with Crippen LogP contribution >= 0.6 is 11.3 Å². The van der Waals surface area contributed by atoms with Crippen LogP contribution in [0, 0.1) is 6.92 Å². The van der Waals surface area contributed by atoms with E-state index in [0.29, 0.717) is 0 Å². The van der Waals surface area contributed by atoms with Crippen LogP contribution in [0.1, 0.15) is 49.2 Å². The molecule has 0 saturated heterocycles. The maximum atomic E-state index is 5.93. The summed E-state index contributed by atoms with van der Waals surface area (Å²) in [5.74, 6) is 5.93. The first-order chi connectivity index (χ1) is 9.58. The smallest absolute Gasteiger partial charge is 0.0944 e. The molecule has 1 aromatic heterocycles. The van der Waals surface area contributed by atoms with Gasteiger partial charge in [-0.05, 0) is 33.9 Å². The third-order valence-electron chi connectivity index (χ3n) is 4.76. The van der Waals surface area contributed by atoms with Gasteiger partial charge in [0.15, 0.2) is 0 Å². The van der Waals surface area contributed by atoms with Crippen molar-refractivity contribution in [3.05, 3.63) is 16.1 Å². The fourth-order valence-electron chi connectivity index (χ4n) is 3.52. The number of aryl methyl sites for hydroxylation is 1. The van der Waals surface area contributed by atoms with E-state index in [-0.39, 0.29) is 11.6 Å². The SMILES string of the molecule is Cc1csc(CC(NN)C2(N(C)C)CCCCCC2)n1. The zero-order valence-electron chi connectivity index (χ0n) is 13.0. The summed E-state index contributed by atoms with van der Waals surface area (Å²) in [6, 6.07) is 0.265. The molecule has 0 spiro atoms. The van der Waals surface area contributed by atoms with Gasteiger partial charge in [-0.2, -0.15) is 0 Å². The second-order valence-corrected chi connectivity index (χ2v) is 7.16. The monoisotopic (exact) mass is 296 g/mol. The number of hydrogen-bond acceptors (Lipinski definition) is 5. The maximum absolute atomic E-state index is 5.93. The van der Waals surface area contributed by atoms with E-state index in [4.69, 9.17) is 5.84 Å². The molecule has 2 rings (SSSR count). The molecule has 1 aliphatic rings. The molecule has 0 bridgehead atoms. The second-order valence-electron chi connectivity index (χ2n) is 6.22. The van der Waals surface area contributed by atoms with Crippen LogP contribution in [-0.4, -0.2) is 35.6 Å². The molecule has 0 amide bonds. The van der Waals surface area contributed by atoms with Crippen LogP contribution in [0.25, 0.3) is 0 Å². The first kappa shape index (κ1) is 15.9. The highest BCUT2D eigenvalue weighted by molar-refractivity contribution is 7.09. The third kappa shape index (κ3) is 3.39. The quantitative estimate of drug-likeness (QED) is 0.498. The van der Waals surface area contributed by atoms with Crippen LogP contribution in [0.3, 0.4) is 0 Å². The van der Waals surface area contributed by atoms with Gasteiger partial charge in [0.05, 0.1) is 5.01 Å². The Bertz CT molecular complexity index is 408. The Balaban J connectivity index is 2.19. The molecule has 20 heavy (non-hydrogen) atoms. The van der Waals surface area contributed by atoms with E-state index in [2.05, 4.69) is 41.7 Å². The first-order valence-electron chi connectivity index (χ1n) is 7.63. The summed E-state index contributed by atoms with van der Waals surface area (Å²) in [6.45, 7) is 2.05. The highest BCUT2D eigenvalue weighted by atomic mass is 32.1. The standard InChI is InChI=1S/C15H28N4S/c1-12-11-20-14(17-12)10-13(18-16)15(19(2)3)8-6-4-5-7-9-15/h11,13,18H,4-10,16H2,1-3H3. The minimum Gasteiger partial charge on any atom is -0.302 e. The van der Waals surface area contributed by atoms with Gasteiger partial charge in [0.2, 0.25) is 0 Å². The van der Waals surface area contributed by atoms with Gasteiger partial charge in [-0.3, -0.25) is 11.3 Å². The molecule has 1 aliphatic carbocycles. The molecule has 1 aromatic rings. The molecule has 1 unspecified atom stereocenters. The number of thiazole rings is 1. The Morgan fingerprint density at radius 3 is 2.45 bits per heavy atom. The molecule has 0 aliphatic heterocycles. The van der Waals surface area contributed by atoms with Crippen molar-refractivity contribution in [2.45, 2.75) is 63.5 Å². The van der Waals surface area contributed by atoms with Crippen LogP contribution in [-0.2, 0) is 6.42 Å². The number of nitrogens with zero attached hydrogens (tertiary/aromatic N) is 2. The van der Waals surface area contributed by atoms with Crippen LogP contribution < -0.4 is 11.3 Å². The predicted octanol–water partition coefficient (Wildman–Crippen LogP) is 2.48. The summed E-state index contributed by atoms with van der Waals surface area (Å²) in [5.41, 5.74) is 4.37. The van der Waals surface area contributed by atoms with Gasteiger partial charge >= 0.3 is 0 Å². The number of aromatic nitrogens is 1. The molecule has 114 valence electrons. The van der Waals surface area contributed by atoms with Gasteiger partial charge in [0.25, 0.3) is 0 Å². The van der Waals surface area contributed by atoms with Crippen molar-refractivity contribution in [2.24, 2.45) is 5.84 Å². The lowest BCUT2D eigenvalue weighted by atomic mass is 9.80. The van der Waals surface area contributed by atoms with Crippen molar-refractivity contribution in [3.8, 4) is 0 Å². The maximum Gasteiger partial charge on any atom is 0.0944 e. The molecule has 3 N–H and O–H groups in total. The lowest BCUT2D eigenvalue weighted by Crippen LogP contribution is -2.61. The molecule has 5 heteroatoms. The summed E-state index contributed by atoms with van der Waals surface area (Å²) in [6.07, 6.45) is 8.67. The highest BCUT2D eigenvalue weighted by Gasteiger charge is 2.40. The van der Waals surface area contributed by atoms with Crippen LogP contribution in [0.15, 0.2) is 5.38 Å². The third-order valence-corrected chi connectivity index (χ3v) is 5.74. The highest BCUT2D eigenvalue weighted by Crippen LogP contribution is 2.35. The summed E-state index contributed by atoms with van der Waals surface area (Å²) in [7, 11) is 4.39. The largest absolute Gasteiger partial charge is 0.302 e. The lowest BCUT2D eigenvalue weighted by molar-refractivity contribution is 0.0801.